The third kappa shape index (κ3) is 5.00. The van der Waals surface area contributed by atoms with Crippen molar-refractivity contribution in [2.45, 2.75) is 12.6 Å². The van der Waals surface area contributed by atoms with E-state index in [-0.39, 0.29) is 11.6 Å². The van der Waals surface area contributed by atoms with Gasteiger partial charge in [0.05, 0.1) is 10.6 Å². The summed E-state index contributed by atoms with van der Waals surface area (Å²) in [5.74, 6) is -0.243. The maximum atomic E-state index is 12.9. The van der Waals surface area contributed by atoms with E-state index in [4.69, 9.17) is 0 Å². The number of halogens is 1. The van der Waals surface area contributed by atoms with Gasteiger partial charge in [-0.3, -0.25) is 20.2 Å². The third-order valence-electron chi connectivity index (χ3n) is 3.88. The third-order valence-corrected chi connectivity index (χ3v) is 5.41. The van der Waals surface area contributed by atoms with E-state index in [9.17, 15) is 14.9 Å². The summed E-state index contributed by atoms with van der Waals surface area (Å²) in [4.78, 5) is 24.4. The molecule has 0 aliphatic carbocycles. The molecule has 0 radical (unpaired) electrons. The van der Waals surface area contributed by atoms with Gasteiger partial charge in [-0.2, -0.15) is 0 Å². The molecule has 3 aromatic rings. The number of non-ortho nitro benzene ring substituents is 1. The summed E-state index contributed by atoms with van der Waals surface area (Å²) in [6, 6.07) is 17.1. The molecule has 0 aliphatic rings. The van der Waals surface area contributed by atoms with Gasteiger partial charge in [0, 0.05) is 28.0 Å². The second-order valence-electron chi connectivity index (χ2n) is 5.71. The average molecular weight is 446 g/mol. The number of nitrogens with one attached hydrogen (secondary N) is 2. The first-order chi connectivity index (χ1) is 13.0. The second-order valence-corrected chi connectivity index (χ2v) is 7.60. The van der Waals surface area contributed by atoms with Gasteiger partial charge in [-0.05, 0) is 39.0 Å². The Labute approximate surface area is 168 Å². The van der Waals surface area contributed by atoms with Crippen molar-refractivity contribution in [2.75, 3.05) is 5.32 Å². The Morgan fingerprint density at radius 3 is 2.56 bits per heavy atom. The molecule has 1 aromatic heterocycles. The van der Waals surface area contributed by atoms with Crippen LogP contribution in [0.1, 0.15) is 16.5 Å². The first-order valence-electron chi connectivity index (χ1n) is 8.10. The minimum absolute atomic E-state index is 0.0460. The number of anilines is 1. The molecule has 0 spiro atoms. The summed E-state index contributed by atoms with van der Waals surface area (Å²) in [5, 5.41) is 19.0. The number of carbonyl (C=O) groups excluding carboxylic acids is 1. The fraction of sp³-hybridized carbons (Fsp3) is 0.105. The lowest BCUT2D eigenvalue weighted by atomic mass is 10.1. The van der Waals surface area contributed by atoms with Crippen molar-refractivity contribution < 1.29 is 9.72 Å². The molecule has 138 valence electrons. The molecule has 1 heterocycles. The summed E-state index contributed by atoms with van der Waals surface area (Å²) in [7, 11) is 0. The van der Waals surface area contributed by atoms with Gasteiger partial charge in [-0.1, -0.05) is 36.4 Å². The number of thiophene rings is 1. The van der Waals surface area contributed by atoms with E-state index in [1.165, 1.54) is 18.2 Å². The molecule has 2 N–H and O–H groups in total. The maximum absolute atomic E-state index is 12.9. The van der Waals surface area contributed by atoms with Crippen molar-refractivity contribution in [3.05, 3.63) is 91.1 Å². The van der Waals surface area contributed by atoms with Crippen molar-refractivity contribution in [2.24, 2.45) is 0 Å². The number of nitro benzene ring substituents is 1. The molecule has 0 bridgehead atoms. The predicted octanol–water partition coefficient (Wildman–Crippen LogP) is 4.89. The minimum atomic E-state index is -0.560. The molecule has 0 aliphatic heterocycles. The van der Waals surface area contributed by atoms with E-state index in [0.717, 1.165) is 10.4 Å². The van der Waals surface area contributed by atoms with Crippen molar-refractivity contribution in [1.82, 2.24) is 5.32 Å². The summed E-state index contributed by atoms with van der Waals surface area (Å²) in [6.07, 6.45) is 0. The van der Waals surface area contributed by atoms with Crippen LogP contribution in [0.5, 0.6) is 0 Å². The smallest absolute Gasteiger partial charge is 0.270 e. The number of hydrogen-bond donors (Lipinski definition) is 2. The molecule has 0 fully saturated rings. The number of nitro groups is 1. The zero-order valence-corrected chi connectivity index (χ0v) is 16.5. The Hall–Kier alpha value is -2.55. The highest BCUT2D eigenvalue weighted by Crippen LogP contribution is 2.28. The van der Waals surface area contributed by atoms with E-state index < -0.39 is 11.0 Å². The topological polar surface area (TPSA) is 84.3 Å². The largest absolute Gasteiger partial charge is 0.323 e. The normalized spacial score (nSPS) is 11.7. The lowest BCUT2D eigenvalue weighted by Gasteiger charge is -2.19. The first kappa shape index (κ1) is 19.2. The summed E-state index contributed by atoms with van der Waals surface area (Å²) in [6.45, 7) is 0.562. The van der Waals surface area contributed by atoms with E-state index >= 15 is 0 Å². The average Bonchev–Trinajstić information content (AvgIpc) is 3.18. The highest BCUT2D eigenvalue weighted by atomic mass is 79.9. The van der Waals surface area contributed by atoms with Gasteiger partial charge in [0.1, 0.15) is 6.04 Å². The number of rotatable bonds is 7. The Bertz CT molecular complexity index is 933. The Balaban J connectivity index is 1.79. The summed E-state index contributed by atoms with van der Waals surface area (Å²) < 4.78 is 0.454. The monoisotopic (exact) mass is 445 g/mol. The fourth-order valence-electron chi connectivity index (χ4n) is 2.55. The number of benzene rings is 2. The highest BCUT2D eigenvalue weighted by molar-refractivity contribution is 9.10. The molecule has 0 saturated heterocycles. The molecule has 1 amide bonds. The minimum Gasteiger partial charge on any atom is -0.323 e. The van der Waals surface area contributed by atoms with Gasteiger partial charge >= 0.3 is 0 Å². The number of amides is 1. The summed E-state index contributed by atoms with van der Waals surface area (Å²) >= 11 is 4.90. The van der Waals surface area contributed by atoms with Crippen molar-refractivity contribution in [3.63, 3.8) is 0 Å². The van der Waals surface area contributed by atoms with Crippen molar-refractivity contribution in [1.29, 1.82) is 0 Å². The number of carbonyl (C=O) groups is 1. The van der Waals surface area contributed by atoms with Gasteiger partial charge in [0.25, 0.3) is 5.69 Å². The van der Waals surface area contributed by atoms with Crippen molar-refractivity contribution >= 4 is 44.5 Å². The lowest BCUT2D eigenvalue weighted by molar-refractivity contribution is -0.384. The van der Waals surface area contributed by atoms with Gasteiger partial charge in [0.15, 0.2) is 0 Å². The van der Waals surface area contributed by atoms with Gasteiger partial charge in [-0.15, -0.1) is 11.3 Å². The molecule has 3 rings (SSSR count). The molecule has 6 nitrogen and oxygen atoms in total. The molecule has 8 heteroatoms. The molecule has 0 unspecified atom stereocenters. The number of nitrogens with zero attached hydrogens (tertiary/aromatic N) is 1. The van der Waals surface area contributed by atoms with Crippen LogP contribution in [0, 0.1) is 10.1 Å². The highest BCUT2D eigenvalue weighted by Gasteiger charge is 2.21. The maximum Gasteiger partial charge on any atom is 0.270 e. The van der Waals surface area contributed by atoms with Crippen LogP contribution in [0.15, 0.2) is 70.5 Å². The Morgan fingerprint density at radius 1 is 1.15 bits per heavy atom. The zero-order chi connectivity index (χ0) is 19.2. The molecule has 0 saturated carbocycles. The lowest BCUT2D eigenvalue weighted by Crippen LogP contribution is -2.32. The van der Waals surface area contributed by atoms with Crippen LogP contribution < -0.4 is 10.6 Å². The van der Waals surface area contributed by atoms with Crippen LogP contribution in [-0.2, 0) is 11.3 Å². The van der Waals surface area contributed by atoms with Crippen LogP contribution in [0.25, 0.3) is 0 Å². The standard InChI is InChI=1S/C19H16BrN3O3S/c20-16-11-14(23(25)26)8-9-17(16)22-19(24)18(13-5-2-1-3-6-13)21-12-15-7-4-10-27-15/h1-11,18,21H,12H2,(H,22,24)/t18-/m1/s1. The second kappa shape index (κ2) is 8.90. The van der Waals surface area contributed by atoms with Crippen molar-refractivity contribution in [3.8, 4) is 0 Å². The van der Waals surface area contributed by atoms with Crippen LogP contribution >= 0.6 is 27.3 Å². The molecule has 27 heavy (non-hydrogen) atoms. The van der Waals surface area contributed by atoms with E-state index in [1.807, 2.05) is 47.8 Å². The molecule has 1 atom stereocenters. The van der Waals surface area contributed by atoms with Gasteiger partial charge in [-0.25, -0.2) is 0 Å². The van der Waals surface area contributed by atoms with E-state index in [2.05, 4.69) is 26.6 Å². The molecular formula is C19H16BrN3O3S. The van der Waals surface area contributed by atoms with Crippen LogP contribution in [0.3, 0.4) is 0 Å². The van der Waals surface area contributed by atoms with Gasteiger partial charge < -0.3 is 5.32 Å². The van der Waals surface area contributed by atoms with E-state index in [0.29, 0.717) is 16.7 Å². The van der Waals surface area contributed by atoms with Crippen LogP contribution in [0.4, 0.5) is 11.4 Å². The van der Waals surface area contributed by atoms with Crippen LogP contribution in [0.2, 0.25) is 0 Å². The zero-order valence-electron chi connectivity index (χ0n) is 14.1. The SMILES string of the molecule is O=C(Nc1ccc([N+](=O)[O-])cc1Br)[C@H](NCc1cccs1)c1ccccc1. The summed E-state index contributed by atoms with van der Waals surface area (Å²) in [5.41, 5.74) is 1.27. The van der Waals surface area contributed by atoms with Crippen LogP contribution in [-0.4, -0.2) is 10.8 Å². The number of hydrogen-bond acceptors (Lipinski definition) is 5. The fourth-order valence-corrected chi connectivity index (χ4v) is 3.67. The predicted molar refractivity (Wildman–Crippen MR) is 110 cm³/mol. The first-order valence-corrected chi connectivity index (χ1v) is 9.77. The molecular weight excluding hydrogens is 430 g/mol. The molecule has 2 aromatic carbocycles. The van der Waals surface area contributed by atoms with E-state index in [1.54, 1.807) is 11.3 Å². The Morgan fingerprint density at radius 2 is 1.93 bits per heavy atom. The Kier molecular flexibility index (Phi) is 6.33. The quantitative estimate of drug-likeness (QED) is 0.400. The van der Waals surface area contributed by atoms with Gasteiger partial charge in [0.2, 0.25) is 5.91 Å².